The van der Waals surface area contributed by atoms with Crippen LogP contribution in [0.3, 0.4) is 0 Å². The van der Waals surface area contributed by atoms with Crippen LogP contribution < -0.4 is 11.1 Å². The number of halogens is 1. The third kappa shape index (κ3) is 3.72. The Labute approximate surface area is 101 Å². The van der Waals surface area contributed by atoms with Crippen LogP contribution in [0.15, 0.2) is 18.2 Å². The van der Waals surface area contributed by atoms with Gasteiger partial charge >= 0.3 is 0 Å². The summed E-state index contributed by atoms with van der Waals surface area (Å²) in [6.07, 6.45) is 0. The van der Waals surface area contributed by atoms with Crippen molar-refractivity contribution in [1.29, 1.82) is 5.26 Å². The van der Waals surface area contributed by atoms with E-state index in [2.05, 4.69) is 19.2 Å². The molecule has 0 aliphatic rings. The fraction of sp³-hybridized carbons (Fsp3) is 0.462. The molecule has 0 aromatic heterocycles. The number of hydrogen-bond donors (Lipinski definition) is 2. The van der Waals surface area contributed by atoms with E-state index >= 15 is 0 Å². The quantitative estimate of drug-likeness (QED) is 0.823. The highest BCUT2D eigenvalue weighted by Crippen LogP contribution is 2.16. The molecule has 0 saturated carbocycles. The first-order valence-electron chi connectivity index (χ1n) is 5.72. The van der Waals surface area contributed by atoms with Gasteiger partial charge in [-0.05, 0) is 36.6 Å². The fourth-order valence-corrected chi connectivity index (χ4v) is 1.56. The summed E-state index contributed by atoms with van der Waals surface area (Å²) in [7, 11) is 0. The molecule has 0 aliphatic heterocycles. The van der Waals surface area contributed by atoms with Crippen LogP contribution in [0.4, 0.5) is 10.1 Å². The minimum Gasteiger partial charge on any atom is -0.385 e. The van der Waals surface area contributed by atoms with Crippen LogP contribution in [0.25, 0.3) is 0 Å². The van der Waals surface area contributed by atoms with Crippen LogP contribution >= 0.6 is 0 Å². The van der Waals surface area contributed by atoms with Gasteiger partial charge in [-0.1, -0.05) is 13.8 Å². The Morgan fingerprint density at radius 2 is 2.18 bits per heavy atom. The SMILES string of the molecule is CC(C)C(CN)CNc1ccc(F)c(C#N)c1. The van der Waals surface area contributed by atoms with Gasteiger partial charge in [-0.25, -0.2) is 4.39 Å². The van der Waals surface area contributed by atoms with Crippen molar-refractivity contribution in [3.63, 3.8) is 0 Å². The van der Waals surface area contributed by atoms with Crippen LogP contribution in [-0.2, 0) is 0 Å². The van der Waals surface area contributed by atoms with E-state index in [0.717, 1.165) is 12.2 Å². The minimum atomic E-state index is -0.489. The zero-order chi connectivity index (χ0) is 12.8. The summed E-state index contributed by atoms with van der Waals surface area (Å²) in [5.74, 6) is 0.367. The molecule has 1 aromatic rings. The van der Waals surface area contributed by atoms with Gasteiger partial charge in [-0.15, -0.1) is 0 Å². The van der Waals surface area contributed by atoms with Gasteiger partial charge in [0.05, 0.1) is 5.56 Å². The lowest BCUT2D eigenvalue weighted by Crippen LogP contribution is -2.27. The van der Waals surface area contributed by atoms with E-state index in [9.17, 15) is 4.39 Å². The highest BCUT2D eigenvalue weighted by atomic mass is 19.1. The van der Waals surface area contributed by atoms with Crippen molar-refractivity contribution in [1.82, 2.24) is 0 Å². The molecule has 4 heteroatoms. The highest BCUT2D eigenvalue weighted by Gasteiger charge is 2.11. The lowest BCUT2D eigenvalue weighted by Gasteiger charge is -2.20. The number of benzene rings is 1. The average Bonchev–Trinajstić information content (AvgIpc) is 2.31. The number of rotatable bonds is 5. The summed E-state index contributed by atoms with van der Waals surface area (Å²) in [5, 5.41) is 11.9. The Morgan fingerprint density at radius 1 is 1.47 bits per heavy atom. The standard InChI is InChI=1S/C13H18FN3/c1-9(2)11(7-16)8-17-12-3-4-13(14)10(5-12)6-15/h3-5,9,11,17H,7-8,16H2,1-2H3. The van der Waals surface area contributed by atoms with Crippen LogP contribution in [0.2, 0.25) is 0 Å². The Kier molecular flexibility index (Phi) is 4.92. The number of anilines is 1. The fourth-order valence-electron chi connectivity index (χ4n) is 1.56. The molecule has 1 atom stereocenters. The number of nitrogens with one attached hydrogen (secondary N) is 1. The summed E-state index contributed by atoms with van der Waals surface area (Å²) in [6.45, 7) is 5.57. The van der Waals surface area contributed by atoms with E-state index in [0.29, 0.717) is 18.4 Å². The molecule has 0 bridgehead atoms. The molecule has 17 heavy (non-hydrogen) atoms. The molecule has 3 N–H and O–H groups in total. The number of hydrogen-bond acceptors (Lipinski definition) is 3. The summed E-state index contributed by atoms with van der Waals surface area (Å²) in [4.78, 5) is 0. The second-order valence-corrected chi connectivity index (χ2v) is 4.43. The minimum absolute atomic E-state index is 0.0591. The van der Waals surface area contributed by atoms with Crippen LogP contribution in [0.1, 0.15) is 19.4 Å². The highest BCUT2D eigenvalue weighted by molar-refractivity contribution is 5.49. The second kappa shape index (κ2) is 6.21. The summed E-state index contributed by atoms with van der Waals surface area (Å²) < 4.78 is 13.1. The molecule has 1 rings (SSSR count). The van der Waals surface area contributed by atoms with Gasteiger partial charge in [0, 0.05) is 12.2 Å². The lowest BCUT2D eigenvalue weighted by molar-refractivity contribution is 0.413. The normalized spacial score (nSPS) is 12.2. The molecular formula is C13H18FN3. The molecule has 0 radical (unpaired) electrons. The van der Waals surface area contributed by atoms with Crippen molar-refractivity contribution in [2.75, 3.05) is 18.4 Å². The molecule has 1 unspecified atom stereocenters. The first kappa shape index (κ1) is 13.5. The van der Waals surface area contributed by atoms with Gasteiger partial charge in [-0.2, -0.15) is 5.26 Å². The van der Waals surface area contributed by atoms with Gasteiger partial charge < -0.3 is 11.1 Å². The molecule has 0 aliphatic carbocycles. The predicted molar refractivity (Wildman–Crippen MR) is 67.0 cm³/mol. The summed E-state index contributed by atoms with van der Waals surface area (Å²) in [6, 6.07) is 6.27. The molecule has 3 nitrogen and oxygen atoms in total. The van der Waals surface area contributed by atoms with Crippen molar-refractivity contribution in [2.45, 2.75) is 13.8 Å². The second-order valence-electron chi connectivity index (χ2n) is 4.43. The molecule has 92 valence electrons. The van der Waals surface area contributed by atoms with Crippen LogP contribution in [0.5, 0.6) is 0 Å². The Balaban J connectivity index is 2.67. The van der Waals surface area contributed by atoms with Crippen molar-refractivity contribution >= 4 is 5.69 Å². The molecule has 0 amide bonds. The van der Waals surface area contributed by atoms with Crippen molar-refractivity contribution in [3.8, 4) is 6.07 Å². The zero-order valence-electron chi connectivity index (χ0n) is 10.2. The van der Waals surface area contributed by atoms with Crippen LogP contribution in [0, 0.1) is 29.0 Å². The van der Waals surface area contributed by atoms with Gasteiger partial charge in [0.25, 0.3) is 0 Å². The molecule has 0 saturated heterocycles. The Bertz CT molecular complexity index is 410. The molecule has 1 aromatic carbocycles. The topological polar surface area (TPSA) is 61.8 Å². The Hall–Kier alpha value is -1.60. The number of nitrogens with two attached hydrogens (primary N) is 1. The summed E-state index contributed by atoms with van der Waals surface area (Å²) >= 11 is 0. The van der Waals surface area contributed by atoms with E-state index in [4.69, 9.17) is 11.0 Å². The smallest absolute Gasteiger partial charge is 0.141 e. The maximum atomic E-state index is 13.1. The maximum Gasteiger partial charge on any atom is 0.141 e. The maximum absolute atomic E-state index is 13.1. The van der Waals surface area contributed by atoms with Crippen molar-refractivity contribution in [3.05, 3.63) is 29.6 Å². The largest absolute Gasteiger partial charge is 0.385 e. The van der Waals surface area contributed by atoms with Gasteiger partial charge in [0.1, 0.15) is 11.9 Å². The van der Waals surface area contributed by atoms with Gasteiger partial charge in [0.15, 0.2) is 0 Å². The van der Waals surface area contributed by atoms with E-state index in [1.165, 1.54) is 12.1 Å². The van der Waals surface area contributed by atoms with Gasteiger partial charge in [-0.3, -0.25) is 0 Å². The van der Waals surface area contributed by atoms with E-state index in [-0.39, 0.29) is 5.56 Å². The van der Waals surface area contributed by atoms with E-state index < -0.39 is 5.82 Å². The first-order chi connectivity index (χ1) is 8.08. The monoisotopic (exact) mass is 235 g/mol. The predicted octanol–water partition coefficient (Wildman–Crippen LogP) is 2.34. The third-order valence-electron chi connectivity index (χ3n) is 2.90. The molecule has 0 spiro atoms. The van der Waals surface area contributed by atoms with E-state index in [1.807, 2.05) is 6.07 Å². The van der Waals surface area contributed by atoms with Crippen LogP contribution in [-0.4, -0.2) is 13.1 Å². The molecular weight excluding hydrogens is 217 g/mol. The van der Waals surface area contributed by atoms with Crippen molar-refractivity contribution in [2.24, 2.45) is 17.6 Å². The summed E-state index contributed by atoms with van der Waals surface area (Å²) in [5.41, 5.74) is 6.48. The number of nitrogens with zero attached hydrogens (tertiary/aromatic N) is 1. The molecule has 0 fully saturated rings. The molecule has 0 heterocycles. The van der Waals surface area contributed by atoms with E-state index in [1.54, 1.807) is 6.07 Å². The van der Waals surface area contributed by atoms with Gasteiger partial charge in [0.2, 0.25) is 0 Å². The third-order valence-corrected chi connectivity index (χ3v) is 2.90. The zero-order valence-corrected chi connectivity index (χ0v) is 10.2. The Morgan fingerprint density at radius 3 is 2.71 bits per heavy atom. The lowest BCUT2D eigenvalue weighted by atomic mass is 9.96. The average molecular weight is 235 g/mol. The first-order valence-corrected chi connectivity index (χ1v) is 5.72. The number of nitriles is 1. The van der Waals surface area contributed by atoms with Crippen molar-refractivity contribution < 1.29 is 4.39 Å².